The van der Waals surface area contributed by atoms with Gasteiger partial charge < -0.3 is 19.1 Å². The molecule has 2 aromatic carbocycles. The summed E-state index contributed by atoms with van der Waals surface area (Å²) in [6, 6.07) is 7.89. The van der Waals surface area contributed by atoms with Crippen LogP contribution in [0.3, 0.4) is 0 Å². The van der Waals surface area contributed by atoms with Crippen molar-refractivity contribution in [1.82, 2.24) is 0 Å². The summed E-state index contributed by atoms with van der Waals surface area (Å²) in [6.45, 7) is 2.39. The maximum absolute atomic E-state index is 14.5. The molecule has 5 nitrogen and oxygen atoms in total. The number of benzene rings is 2. The smallest absolute Gasteiger partial charge is 0.185 e. The minimum atomic E-state index is -0.421. The monoisotopic (exact) mass is 405 g/mol. The van der Waals surface area contributed by atoms with E-state index in [2.05, 4.69) is 0 Å². The minimum absolute atomic E-state index is 0.275. The third-order valence-corrected chi connectivity index (χ3v) is 4.75. The average molecular weight is 406 g/mol. The van der Waals surface area contributed by atoms with Crippen LogP contribution in [0.2, 0.25) is 5.02 Å². The molecular formula is C21H21ClFNO4. The highest BCUT2D eigenvalue weighted by molar-refractivity contribution is 6.32. The van der Waals surface area contributed by atoms with E-state index in [1.807, 2.05) is 4.90 Å². The lowest BCUT2D eigenvalue weighted by Crippen LogP contribution is -2.36. The first-order valence-electron chi connectivity index (χ1n) is 8.79. The molecule has 2 aromatic rings. The molecule has 1 aliphatic heterocycles. The highest BCUT2D eigenvalue weighted by Crippen LogP contribution is 2.36. The van der Waals surface area contributed by atoms with E-state index in [0.717, 1.165) is 0 Å². The molecule has 0 spiro atoms. The van der Waals surface area contributed by atoms with Gasteiger partial charge in [-0.3, -0.25) is 4.79 Å². The molecule has 1 saturated heterocycles. The quantitative estimate of drug-likeness (QED) is 0.531. The number of hydrogen-bond acceptors (Lipinski definition) is 5. The maximum Gasteiger partial charge on any atom is 0.185 e. The predicted octanol–water partition coefficient (Wildman–Crippen LogP) is 4.23. The number of hydrogen-bond donors (Lipinski definition) is 0. The van der Waals surface area contributed by atoms with Gasteiger partial charge in [0.15, 0.2) is 17.3 Å². The Hall–Kier alpha value is -2.57. The Labute approximate surface area is 168 Å². The number of allylic oxidation sites excluding steroid dienone is 1. The zero-order chi connectivity index (χ0) is 20.1. The van der Waals surface area contributed by atoms with Crippen LogP contribution in [0, 0.1) is 5.82 Å². The Morgan fingerprint density at radius 1 is 1.18 bits per heavy atom. The van der Waals surface area contributed by atoms with E-state index >= 15 is 0 Å². The molecule has 0 aliphatic carbocycles. The molecule has 1 aliphatic rings. The van der Waals surface area contributed by atoms with Crippen LogP contribution < -0.4 is 14.4 Å². The van der Waals surface area contributed by atoms with Gasteiger partial charge in [0.1, 0.15) is 5.82 Å². The van der Waals surface area contributed by atoms with Gasteiger partial charge in [-0.05, 0) is 42.0 Å². The summed E-state index contributed by atoms with van der Waals surface area (Å²) < 4.78 is 30.2. The first kappa shape index (κ1) is 20.2. The highest BCUT2D eigenvalue weighted by Gasteiger charge is 2.16. The molecule has 0 amide bonds. The van der Waals surface area contributed by atoms with Crippen molar-refractivity contribution in [3.05, 3.63) is 58.4 Å². The zero-order valence-electron chi connectivity index (χ0n) is 15.7. The van der Waals surface area contributed by atoms with Crippen LogP contribution in [0.1, 0.15) is 15.9 Å². The van der Waals surface area contributed by atoms with E-state index in [4.69, 9.17) is 25.8 Å². The summed E-state index contributed by atoms with van der Waals surface area (Å²) in [6.07, 6.45) is 2.98. The second-order valence-electron chi connectivity index (χ2n) is 6.20. The Kier molecular flexibility index (Phi) is 6.54. The summed E-state index contributed by atoms with van der Waals surface area (Å²) in [7, 11) is 3.00. The molecule has 0 N–H and O–H groups in total. The SMILES string of the molecule is COc1cc(/C=C/C(=O)c2ccc(N3CCOCC3)c(F)c2)cc(Cl)c1OC. The van der Waals surface area contributed by atoms with Crippen LogP contribution in [0.15, 0.2) is 36.4 Å². The summed E-state index contributed by atoms with van der Waals surface area (Å²) in [5, 5.41) is 0.370. The Morgan fingerprint density at radius 2 is 1.93 bits per heavy atom. The number of halogens is 2. The molecule has 0 radical (unpaired) electrons. The van der Waals surface area contributed by atoms with Crippen molar-refractivity contribution >= 4 is 29.1 Å². The largest absolute Gasteiger partial charge is 0.493 e. The van der Waals surface area contributed by atoms with Gasteiger partial charge in [-0.1, -0.05) is 17.7 Å². The van der Waals surface area contributed by atoms with Crippen LogP contribution >= 0.6 is 11.6 Å². The van der Waals surface area contributed by atoms with Crippen molar-refractivity contribution in [2.45, 2.75) is 0 Å². The van der Waals surface area contributed by atoms with Crippen molar-refractivity contribution < 1.29 is 23.4 Å². The second-order valence-corrected chi connectivity index (χ2v) is 6.61. The topological polar surface area (TPSA) is 48.0 Å². The zero-order valence-corrected chi connectivity index (χ0v) is 16.5. The number of methoxy groups -OCH3 is 2. The first-order valence-corrected chi connectivity index (χ1v) is 9.17. The molecule has 148 valence electrons. The van der Waals surface area contributed by atoms with E-state index in [0.29, 0.717) is 54.1 Å². The number of rotatable bonds is 6. The molecule has 3 rings (SSSR count). The molecule has 0 atom stereocenters. The van der Waals surface area contributed by atoms with E-state index in [1.54, 1.807) is 30.3 Å². The summed E-state index contributed by atoms with van der Waals surface area (Å²) in [4.78, 5) is 14.4. The van der Waals surface area contributed by atoms with Gasteiger partial charge in [0.2, 0.25) is 0 Å². The normalized spacial score (nSPS) is 14.4. The van der Waals surface area contributed by atoms with Crippen LogP contribution in [-0.4, -0.2) is 46.3 Å². The van der Waals surface area contributed by atoms with Gasteiger partial charge in [-0.15, -0.1) is 0 Å². The third kappa shape index (κ3) is 4.46. The molecule has 0 aromatic heterocycles. The summed E-state index contributed by atoms with van der Waals surface area (Å²) >= 11 is 6.17. The molecule has 0 unspecified atom stereocenters. The molecule has 0 bridgehead atoms. The highest BCUT2D eigenvalue weighted by atomic mass is 35.5. The molecule has 1 fully saturated rings. The van der Waals surface area contributed by atoms with E-state index in [-0.39, 0.29) is 11.3 Å². The standard InChI is InChI=1S/C21H21ClFNO4/c1-26-20-12-14(11-16(22)21(20)27-2)3-6-19(25)15-4-5-18(17(23)13-15)24-7-9-28-10-8-24/h3-6,11-13H,7-10H2,1-2H3/b6-3+. The molecule has 0 saturated carbocycles. The van der Waals surface area contributed by atoms with E-state index in [1.165, 1.54) is 26.4 Å². The number of nitrogens with zero attached hydrogens (tertiary/aromatic N) is 1. The Bertz CT molecular complexity index is 894. The van der Waals surface area contributed by atoms with Crippen molar-refractivity contribution in [2.24, 2.45) is 0 Å². The van der Waals surface area contributed by atoms with Gasteiger partial charge in [-0.2, -0.15) is 0 Å². The fourth-order valence-corrected chi connectivity index (χ4v) is 3.32. The van der Waals surface area contributed by atoms with Gasteiger partial charge >= 0.3 is 0 Å². The lowest BCUT2D eigenvalue weighted by Gasteiger charge is -2.29. The van der Waals surface area contributed by atoms with Crippen LogP contribution in [-0.2, 0) is 4.74 Å². The lowest BCUT2D eigenvalue weighted by molar-refractivity contribution is 0.104. The fourth-order valence-electron chi connectivity index (χ4n) is 3.02. The molecule has 7 heteroatoms. The Morgan fingerprint density at radius 3 is 2.57 bits per heavy atom. The van der Waals surface area contributed by atoms with Gasteiger partial charge in [-0.25, -0.2) is 4.39 Å². The van der Waals surface area contributed by atoms with E-state index in [9.17, 15) is 9.18 Å². The molecule has 28 heavy (non-hydrogen) atoms. The van der Waals surface area contributed by atoms with Crippen molar-refractivity contribution in [2.75, 3.05) is 45.4 Å². The first-order chi connectivity index (χ1) is 13.5. The third-order valence-electron chi connectivity index (χ3n) is 4.47. The second kappa shape index (κ2) is 9.08. The number of anilines is 1. The average Bonchev–Trinajstić information content (AvgIpc) is 2.72. The van der Waals surface area contributed by atoms with E-state index < -0.39 is 5.82 Å². The number of ketones is 1. The van der Waals surface area contributed by atoms with Crippen molar-refractivity contribution in [3.63, 3.8) is 0 Å². The van der Waals surface area contributed by atoms with Gasteiger partial charge in [0, 0.05) is 18.7 Å². The van der Waals surface area contributed by atoms with Crippen LogP contribution in [0.5, 0.6) is 11.5 Å². The van der Waals surface area contributed by atoms with Crippen molar-refractivity contribution in [1.29, 1.82) is 0 Å². The number of ether oxygens (including phenoxy) is 3. The number of carbonyl (C=O) groups excluding carboxylic acids is 1. The maximum atomic E-state index is 14.5. The molecular weight excluding hydrogens is 385 g/mol. The summed E-state index contributed by atoms with van der Waals surface area (Å²) in [5.74, 6) is 0.157. The van der Waals surface area contributed by atoms with Crippen LogP contribution in [0.4, 0.5) is 10.1 Å². The fraction of sp³-hybridized carbons (Fsp3) is 0.286. The predicted molar refractivity (Wildman–Crippen MR) is 107 cm³/mol. The van der Waals surface area contributed by atoms with Gasteiger partial charge in [0.05, 0.1) is 38.1 Å². The summed E-state index contributed by atoms with van der Waals surface area (Å²) in [5.41, 5.74) is 1.43. The lowest BCUT2D eigenvalue weighted by atomic mass is 10.1. The molecule has 1 heterocycles. The number of carbonyl (C=O) groups is 1. The van der Waals surface area contributed by atoms with Gasteiger partial charge in [0.25, 0.3) is 0 Å². The number of morpholine rings is 1. The Balaban J connectivity index is 1.77. The van der Waals surface area contributed by atoms with Crippen molar-refractivity contribution in [3.8, 4) is 11.5 Å². The van der Waals surface area contributed by atoms with Crippen LogP contribution in [0.25, 0.3) is 6.08 Å². The minimum Gasteiger partial charge on any atom is -0.493 e.